The van der Waals surface area contributed by atoms with Crippen molar-refractivity contribution in [1.29, 1.82) is 0 Å². The van der Waals surface area contributed by atoms with E-state index in [0.717, 1.165) is 19.3 Å². The molecule has 0 heterocycles. The molecule has 1 aromatic rings. The quantitative estimate of drug-likeness (QED) is 0.446. The third kappa shape index (κ3) is 3.34. The number of methoxy groups -OCH3 is 1. The van der Waals surface area contributed by atoms with Crippen LogP contribution in [0, 0.1) is 10.1 Å². The Labute approximate surface area is 131 Å². The second kappa shape index (κ2) is 6.89. The minimum Gasteiger partial charge on any atom is -0.496 e. The molecule has 0 spiro atoms. The summed E-state index contributed by atoms with van der Waals surface area (Å²) in [5.41, 5.74) is 0.287. The van der Waals surface area contributed by atoms with Crippen LogP contribution in [0.4, 0.5) is 5.69 Å². The Morgan fingerprint density at radius 3 is 2.71 bits per heavy atom. The number of nitro benzene ring substituents is 1. The first-order chi connectivity index (χ1) is 10.1. The zero-order chi connectivity index (χ0) is 15.4. The molecular formula is C14H17BrN2O4. The number of hydrogen-bond acceptors (Lipinski definition) is 4. The molecule has 21 heavy (non-hydrogen) atoms. The van der Waals surface area contributed by atoms with Gasteiger partial charge in [0.25, 0.3) is 11.6 Å². The van der Waals surface area contributed by atoms with Gasteiger partial charge in [-0.3, -0.25) is 14.9 Å². The van der Waals surface area contributed by atoms with Crippen molar-refractivity contribution in [3.05, 3.63) is 33.9 Å². The zero-order valence-electron chi connectivity index (χ0n) is 11.8. The second-order valence-electron chi connectivity index (χ2n) is 4.91. The molecule has 1 aromatic carbocycles. The van der Waals surface area contributed by atoms with E-state index in [0.29, 0.717) is 17.4 Å². The summed E-state index contributed by atoms with van der Waals surface area (Å²) in [5.74, 6) is 0.110. The van der Waals surface area contributed by atoms with E-state index in [2.05, 4.69) is 15.9 Å². The standard InChI is InChI=1S/C14H17BrN2O4/c1-21-13-9-11(17(19)20)5-6-12(13)14(18)16(8-7-15)10-3-2-4-10/h5-6,9-10H,2-4,7-8H2,1H3. The summed E-state index contributed by atoms with van der Waals surface area (Å²) >= 11 is 3.36. The van der Waals surface area contributed by atoms with Gasteiger partial charge in [-0.25, -0.2) is 0 Å². The number of halogens is 1. The molecular weight excluding hydrogens is 340 g/mol. The maximum Gasteiger partial charge on any atom is 0.273 e. The van der Waals surface area contributed by atoms with Crippen molar-refractivity contribution in [2.75, 3.05) is 19.0 Å². The Kier molecular flexibility index (Phi) is 5.17. The highest BCUT2D eigenvalue weighted by Crippen LogP contribution is 2.30. The fourth-order valence-corrected chi connectivity index (χ4v) is 2.75. The van der Waals surface area contributed by atoms with Gasteiger partial charge in [-0.1, -0.05) is 15.9 Å². The molecule has 0 saturated heterocycles. The molecule has 2 rings (SSSR count). The van der Waals surface area contributed by atoms with E-state index >= 15 is 0 Å². The van der Waals surface area contributed by atoms with E-state index in [1.54, 1.807) is 0 Å². The van der Waals surface area contributed by atoms with Crippen LogP contribution in [0.1, 0.15) is 29.6 Å². The van der Waals surface area contributed by atoms with Crippen LogP contribution in [-0.4, -0.2) is 40.8 Å². The second-order valence-corrected chi connectivity index (χ2v) is 5.71. The summed E-state index contributed by atoms with van der Waals surface area (Å²) in [7, 11) is 1.41. The number of ether oxygens (including phenoxy) is 1. The number of alkyl halides is 1. The number of nitrogens with zero attached hydrogens (tertiary/aromatic N) is 2. The molecule has 0 radical (unpaired) electrons. The number of carbonyl (C=O) groups is 1. The molecule has 0 bridgehead atoms. The van der Waals surface area contributed by atoms with E-state index in [9.17, 15) is 14.9 Å². The molecule has 1 amide bonds. The lowest BCUT2D eigenvalue weighted by Crippen LogP contribution is -2.45. The highest BCUT2D eigenvalue weighted by atomic mass is 79.9. The number of benzene rings is 1. The van der Waals surface area contributed by atoms with Crippen LogP contribution in [0.5, 0.6) is 5.75 Å². The third-order valence-electron chi connectivity index (χ3n) is 3.73. The molecule has 1 aliphatic rings. The predicted octanol–water partition coefficient (Wildman–Crippen LogP) is 2.99. The van der Waals surface area contributed by atoms with Crippen molar-refractivity contribution in [3.8, 4) is 5.75 Å². The van der Waals surface area contributed by atoms with Crippen molar-refractivity contribution >= 4 is 27.5 Å². The molecule has 1 aliphatic carbocycles. The first-order valence-corrected chi connectivity index (χ1v) is 7.90. The van der Waals surface area contributed by atoms with Gasteiger partial charge in [-0.2, -0.15) is 0 Å². The van der Waals surface area contributed by atoms with Crippen molar-refractivity contribution < 1.29 is 14.5 Å². The summed E-state index contributed by atoms with van der Waals surface area (Å²) in [6.07, 6.45) is 3.15. The van der Waals surface area contributed by atoms with Crippen molar-refractivity contribution in [1.82, 2.24) is 4.90 Å². The average molecular weight is 357 g/mol. The number of nitro groups is 1. The van der Waals surface area contributed by atoms with Crippen LogP contribution in [0.25, 0.3) is 0 Å². The molecule has 0 unspecified atom stereocenters. The molecule has 0 atom stereocenters. The van der Waals surface area contributed by atoms with E-state index in [1.807, 2.05) is 4.90 Å². The minimum absolute atomic E-state index is 0.0842. The first kappa shape index (κ1) is 15.8. The highest BCUT2D eigenvalue weighted by Gasteiger charge is 2.30. The Morgan fingerprint density at radius 2 is 2.24 bits per heavy atom. The van der Waals surface area contributed by atoms with E-state index in [4.69, 9.17) is 4.74 Å². The van der Waals surface area contributed by atoms with Crippen molar-refractivity contribution in [2.45, 2.75) is 25.3 Å². The molecule has 1 fully saturated rings. The molecule has 6 nitrogen and oxygen atoms in total. The number of rotatable bonds is 6. The van der Waals surface area contributed by atoms with Crippen molar-refractivity contribution in [3.63, 3.8) is 0 Å². The van der Waals surface area contributed by atoms with E-state index in [1.165, 1.54) is 25.3 Å². The number of hydrogen-bond donors (Lipinski definition) is 0. The van der Waals surface area contributed by atoms with Gasteiger partial charge in [-0.05, 0) is 25.3 Å². The predicted molar refractivity (Wildman–Crippen MR) is 82.1 cm³/mol. The number of non-ortho nitro benzene ring substituents is 1. The Morgan fingerprint density at radius 1 is 1.52 bits per heavy atom. The van der Waals surface area contributed by atoms with Crippen LogP contribution >= 0.6 is 15.9 Å². The van der Waals surface area contributed by atoms with Crippen LogP contribution < -0.4 is 4.74 Å². The third-order valence-corrected chi connectivity index (χ3v) is 4.08. The zero-order valence-corrected chi connectivity index (χ0v) is 13.3. The van der Waals surface area contributed by atoms with Gasteiger partial charge in [-0.15, -0.1) is 0 Å². The summed E-state index contributed by atoms with van der Waals surface area (Å²) in [6, 6.07) is 4.36. The summed E-state index contributed by atoms with van der Waals surface area (Å²) in [5, 5.41) is 11.5. The SMILES string of the molecule is COc1cc([N+](=O)[O-])ccc1C(=O)N(CCBr)C1CCC1. The smallest absolute Gasteiger partial charge is 0.273 e. The molecule has 7 heteroatoms. The Balaban J connectivity index is 2.29. The summed E-state index contributed by atoms with van der Waals surface area (Å²) < 4.78 is 5.15. The van der Waals surface area contributed by atoms with Gasteiger partial charge in [0, 0.05) is 24.0 Å². The summed E-state index contributed by atoms with van der Waals surface area (Å²) in [4.78, 5) is 24.8. The monoisotopic (exact) mass is 356 g/mol. The van der Waals surface area contributed by atoms with Crippen LogP contribution in [0.3, 0.4) is 0 Å². The van der Waals surface area contributed by atoms with Crippen molar-refractivity contribution in [2.24, 2.45) is 0 Å². The van der Waals surface area contributed by atoms with Gasteiger partial charge in [0.2, 0.25) is 0 Å². The summed E-state index contributed by atoms with van der Waals surface area (Å²) in [6.45, 7) is 0.615. The minimum atomic E-state index is -0.501. The van der Waals surface area contributed by atoms with E-state index < -0.39 is 4.92 Å². The number of amides is 1. The number of carbonyl (C=O) groups excluding carboxylic acids is 1. The fourth-order valence-electron chi connectivity index (χ4n) is 2.36. The van der Waals surface area contributed by atoms with Crippen LogP contribution in [0.15, 0.2) is 18.2 Å². The lowest BCUT2D eigenvalue weighted by Gasteiger charge is -2.37. The molecule has 0 aliphatic heterocycles. The molecule has 114 valence electrons. The largest absolute Gasteiger partial charge is 0.496 e. The lowest BCUT2D eigenvalue weighted by atomic mass is 9.91. The normalized spacial score (nSPS) is 14.4. The Bertz CT molecular complexity index is 546. The topological polar surface area (TPSA) is 72.7 Å². The van der Waals surface area contributed by atoms with Crippen LogP contribution in [0.2, 0.25) is 0 Å². The van der Waals surface area contributed by atoms with Gasteiger partial charge in [0.15, 0.2) is 0 Å². The Hall–Kier alpha value is -1.63. The highest BCUT2D eigenvalue weighted by molar-refractivity contribution is 9.09. The first-order valence-electron chi connectivity index (χ1n) is 6.78. The average Bonchev–Trinajstić information content (AvgIpc) is 2.43. The van der Waals surface area contributed by atoms with E-state index in [-0.39, 0.29) is 23.4 Å². The molecule has 0 N–H and O–H groups in total. The fraction of sp³-hybridized carbons (Fsp3) is 0.500. The van der Waals surface area contributed by atoms with Gasteiger partial charge >= 0.3 is 0 Å². The maximum absolute atomic E-state index is 12.7. The molecule has 1 saturated carbocycles. The molecule has 0 aromatic heterocycles. The maximum atomic E-state index is 12.7. The van der Waals surface area contributed by atoms with Gasteiger partial charge in [0.05, 0.1) is 23.7 Å². The lowest BCUT2D eigenvalue weighted by molar-refractivity contribution is -0.384. The van der Waals surface area contributed by atoms with Gasteiger partial charge < -0.3 is 9.64 Å². The van der Waals surface area contributed by atoms with Gasteiger partial charge in [0.1, 0.15) is 5.75 Å². The van der Waals surface area contributed by atoms with Crippen LogP contribution in [-0.2, 0) is 0 Å².